The fourth-order valence-corrected chi connectivity index (χ4v) is 2.74. The summed E-state index contributed by atoms with van der Waals surface area (Å²) in [6.45, 7) is 25.0. The quantitative estimate of drug-likeness (QED) is 0.232. The predicted molar refractivity (Wildman–Crippen MR) is 178 cm³/mol. The third-order valence-electron chi connectivity index (χ3n) is 3.90. The van der Waals surface area contributed by atoms with Crippen LogP contribution in [-0.4, -0.2) is 40.5 Å². The molecule has 0 bridgehead atoms. The van der Waals surface area contributed by atoms with Crippen molar-refractivity contribution in [3.8, 4) is 0 Å². The number of nitrogens with zero attached hydrogens (tertiary/aromatic N) is 5. The fraction of sp³-hybridized carbons (Fsp3) is 0.500. The van der Waals surface area contributed by atoms with Gasteiger partial charge < -0.3 is 6.85 Å². The molecule has 0 aliphatic carbocycles. The summed E-state index contributed by atoms with van der Waals surface area (Å²) in [6.07, 6.45) is 9.43. The molecule has 0 aliphatic rings. The third kappa shape index (κ3) is 16.0. The van der Waals surface area contributed by atoms with E-state index in [4.69, 9.17) is 0 Å². The van der Waals surface area contributed by atoms with E-state index < -0.39 is 0 Å². The molecule has 1 N–H and O–H groups in total. The van der Waals surface area contributed by atoms with Crippen LogP contribution < -0.4 is 35.0 Å². The van der Waals surface area contributed by atoms with Gasteiger partial charge in [-0.2, -0.15) is 5.10 Å². The number of nitrogens with one attached hydrogen (secondary N) is 1. The van der Waals surface area contributed by atoms with Crippen molar-refractivity contribution < 1.29 is 33.8 Å². The summed E-state index contributed by atoms with van der Waals surface area (Å²) in [4.78, 5) is 8.61. The van der Waals surface area contributed by atoms with Crippen molar-refractivity contribution in [2.45, 2.75) is 97.9 Å². The van der Waals surface area contributed by atoms with Gasteiger partial charge in [-0.3, -0.25) is 14.6 Å². The molecule has 4 aromatic rings. The van der Waals surface area contributed by atoms with E-state index >= 15 is 0 Å². The standard InChI is InChI=1S/C10H13N3.C10H11N3.4C2H6.2CH4.B.Na.2H2.H/c2*1-3-12-13-5-4-9-10(13)6-8(2)7-11-9;4*1-2;;;;;;;/h4-7,12H,3H2,1-2H3;3-7H,1-2H3;4*1-2H3;2*1H4;;;2*1H;/q;;;;;;;;;+1;;;-1/b;12-3+;;;;;;;;;;;/i;;;;;;;;;;2*1+1;. The van der Waals surface area contributed by atoms with E-state index in [0.29, 0.717) is 0 Å². The number of aryl methyl sites for hydroxylation is 2. The molecular formula is C30H61BN6Na. The summed E-state index contributed by atoms with van der Waals surface area (Å²) in [5.41, 5.74) is 9.78. The van der Waals surface area contributed by atoms with Crippen molar-refractivity contribution in [1.82, 2.24) is 19.3 Å². The first kappa shape index (κ1) is 48.9. The van der Waals surface area contributed by atoms with Crippen molar-refractivity contribution in [2.24, 2.45) is 5.10 Å². The van der Waals surface area contributed by atoms with Crippen LogP contribution in [0.1, 0.15) is 99.5 Å². The number of hydrogen-bond acceptors (Lipinski definition) is 4. The van der Waals surface area contributed by atoms with Gasteiger partial charge in [0.15, 0.2) is 0 Å². The number of hydrogen-bond donors (Lipinski definition) is 1. The molecule has 6 nitrogen and oxygen atoms in total. The van der Waals surface area contributed by atoms with Crippen LogP contribution in [0.5, 0.6) is 0 Å². The maximum absolute atomic E-state index is 4.32. The summed E-state index contributed by atoms with van der Waals surface area (Å²) in [5.74, 6) is 0. The number of aromatic nitrogens is 4. The van der Waals surface area contributed by atoms with Gasteiger partial charge in [-0.15, -0.1) is 0 Å². The summed E-state index contributed by atoms with van der Waals surface area (Å²) in [7, 11) is 0. The molecule has 0 aliphatic heterocycles. The minimum atomic E-state index is 0. The minimum absolute atomic E-state index is 0. The smallest absolute Gasteiger partial charge is 1.00 e. The van der Waals surface area contributed by atoms with Gasteiger partial charge in [-0.25, -0.2) is 4.68 Å². The molecule has 0 amide bonds. The fourth-order valence-electron chi connectivity index (χ4n) is 2.74. The Balaban J connectivity index is -0.0000000504. The summed E-state index contributed by atoms with van der Waals surface area (Å²) in [6, 6.07) is 8.18. The van der Waals surface area contributed by atoms with Gasteiger partial charge in [-0.05, 0) is 63.1 Å². The zero-order valence-electron chi connectivity index (χ0n) is 26.2. The molecule has 38 heavy (non-hydrogen) atoms. The molecule has 0 spiro atoms. The van der Waals surface area contributed by atoms with Crippen LogP contribution in [-0.2, 0) is 0 Å². The Morgan fingerprint density at radius 3 is 1.71 bits per heavy atom. The molecule has 4 rings (SSSR count). The van der Waals surface area contributed by atoms with Gasteiger partial charge >= 0.3 is 29.6 Å². The second-order valence-electron chi connectivity index (χ2n) is 6.07. The largest absolute Gasteiger partial charge is 1.00 e. The van der Waals surface area contributed by atoms with Crippen LogP contribution in [0.15, 0.2) is 54.2 Å². The molecule has 0 atom stereocenters. The Kier molecular flexibility index (Phi) is 40.1. The molecule has 0 saturated heterocycles. The molecule has 8 heteroatoms. The van der Waals surface area contributed by atoms with Crippen molar-refractivity contribution in [3.63, 3.8) is 0 Å². The van der Waals surface area contributed by atoms with Gasteiger partial charge in [0.1, 0.15) is 0 Å². The normalized spacial score (nSPS) is 8.21. The maximum Gasteiger partial charge on any atom is 1.00 e. The average Bonchev–Trinajstić information content (AvgIpc) is 3.48. The first-order valence-electron chi connectivity index (χ1n) is 12.7. The average molecular weight is 542 g/mol. The van der Waals surface area contributed by atoms with Crippen LogP contribution in [0.3, 0.4) is 0 Å². The van der Waals surface area contributed by atoms with Gasteiger partial charge in [-0.1, -0.05) is 70.2 Å². The molecule has 4 aromatic heterocycles. The number of pyridine rings is 2. The zero-order valence-corrected chi connectivity index (χ0v) is 27.2. The topological polar surface area (TPSA) is 60.0 Å². The van der Waals surface area contributed by atoms with E-state index in [1.165, 1.54) is 5.56 Å². The predicted octanol–water partition coefficient (Wildman–Crippen LogP) is 6.71. The van der Waals surface area contributed by atoms with Crippen molar-refractivity contribution in [3.05, 3.63) is 60.2 Å². The Labute approximate surface area is 264 Å². The number of fused-ring (bicyclic) bond motifs is 2. The second kappa shape index (κ2) is 31.1. The summed E-state index contributed by atoms with van der Waals surface area (Å²) >= 11 is 0. The first-order chi connectivity index (χ1) is 16.6. The van der Waals surface area contributed by atoms with E-state index in [1.54, 1.807) is 6.21 Å². The van der Waals surface area contributed by atoms with Crippen molar-refractivity contribution >= 4 is 36.7 Å². The summed E-state index contributed by atoms with van der Waals surface area (Å²) in [5, 5.41) is 4.19. The monoisotopic (exact) mass is 542 g/mol. The van der Waals surface area contributed by atoms with Gasteiger partial charge in [0.2, 0.25) is 0 Å². The van der Waals surface area contributed by atoms with Crippen molar-refractivity contribution in [1.29, 1.82) is 0 Å². The molecule has 215 valence electrons. The minimum Gasteiger partial charge on any atom is -1.00 e. The molecule has 4 heterocycles. The molecule has 0 unspecified atom stereocenters. The van der Waals surface area contributed by atoms with Crippen LogP contribution in [0.4, 0.5) is 0 Å². The Morgan fingerprint density at radius 1 is 0.842 bits per heavy atom. The Bertz CT molecular complexity index is 1070. The van der Waals surface area contributed by atoms with Gasteiger partial charge in [0.25, 0.3) is 0 Å². The van der Waals surface area contributed by atoms with E-state index in [-0.39, 0.29) is 57.1 Å². The Hall–Kier alpha value is -2.09. The van der Waals surface area contributed by atoms with Crippen LogP contribution in [0, 0.1) is 13.8 Å². The summed E-state index contributed by atoms with van der Waals surface area (Å²) < 4.78 is 3.84. The second-order valence-corrected chi connectivity index (χ2v) is 6.07. The van der Waals surface area contributed by atoms with Crippen LogP contribution in [0.25, 0.3) is 22.1 Å². The SMILES string of the molecule is C.C.C/C=N/n1ccc2ncc(C)cc21.CC.CC.CC.CC.CCNn1ccc2ncc(C)cc21.[2HH].[2HH].[B].[H-].[Na+]. The number of rotatable bonds is 3. The van der Waals surface area contributed by atoms with E-state index in [2.05, 4.69) is 46.5 Å². The molecule has 0 aromatic carbocycles. The Morgan fingerprint density at radius 2 is 1.26 bits per heavy atom. The van der Waals surface area contributed by atoms with E-state index in [1.807, 2.05) is 116 Å². The molecule has 3 radical (unpaired) electrons. The maximum atomic E-state index is 4.32. The van der Waals surface area contributed by atoms with Crippen molar-refractivity contribution in [2.75, 3.05) is 12.0 Å². The van der Waals surface area contributed by atoms with Gasteiger partial charge in [0, 0.05) is 48.8 Å². The molecule has 0 fully saturated rings. The third-order valence-corrected chi connectivity index (χ3v) is 3.90. The van der Waals surface area contributed by atoms with E-state index in [0.717, 1.165) is 34.2 Å². The first-order valence-corrected chi connectivity index (χ1v) is 12.7. The molecule has 0 saturated carbocycles. The zero-order chi connectivity index (χ0) is 26.5. The van der Waals surface area contributed by atoms with E-state index in [9.17, 15) is 0 Å². The van der Waals surface area contributed by atoms with Gasteiger partial charge in [0.05, 0.1) is 22.1 Å². The van der Waals surface area contributed by atoms with Crippen LogP contribution >= 0.6 is 0 Å². The molecular weight excluding hydrogens is 478 g/mol. The van der Waals surface area contributed by atoms with Crippen LogP contribution in [0.2, 0.25) is 0 Å².